The van der Waals surface area contributed by atoms with Crippen LogP contribution in [-0.4, -0.2) is 27.5 Å². The molecule has 0 unspecified atom stereocenters. The molecule has 0 aliphatic carbocycles. The summed E-state index contributed by atoms with van der Waals surface area (Å²) in [6.45, 7) is 7.77. The molecule has 23 heavy (non-hydrogen) atoms. The fourth-order valence-electron chi connectivity index (χ4n) is 3.42. The van der Waals surface area contributed by atoms with E-state index < -0.39 is 0 Å². The van der Waals surface area contributed by atoms with Gasteiger partial charge in [-0.15, -0.1) is 0 Å². The van der Waals surface area contributed by atoms with Gasteiger partial charge in [0.25, 0.3) is 0 Å². The molecular formula is C19H26N4. The van der Waals surface area contributed by atoms with Gasteiger partial charge in [0.1, 0.15) is 5.82 Å². The molecule has 0 aromatic carbocycles. The lowest BCUT2D eigenvalue weighted by Gasteiger charge is -2.38. The minimum Gasteiger partial charge on any atom is -0.353 e. The normalized spacial score (nSPS) is 18.4. The second kappa shape index (κ2) is 7.07. The van der Waals surface area contributed by atoms with Gasteiger partial charge in [-0.2, -0.15) is 0 Å². The lowest BCUT2D eigenvalue weighted by atomic mass is 9.94. The fraction of sp³-hybridized carbons (Fsp3) is 0.526. The Morgan fingerprint density at radius 3 is 2.70 bits per heavy atom. The third-order valence-electron chi connectivity index (χ3n) is 4.44. The van der Waals surface area contributed by atoms with Crippen LogP contribution in [0.4, 0.5) is 5.82 Å². The molecule has 4 heteroatoms. The molecule has 0 saturated carbocycles. The maximum Gasteiger partial charge on any atom is 0.161 e. The first-order valence-corrected chi connectivity index (χ1v) is 8.66. The number of hydrogen-bond donors (Lipinski definition) is 0. The lowest BCUT2D eigenvalue weighted by Crippen LogP contribution is -2.41. The molecule has 3 heterocycles. The van der Waals surface area contributed by atoms with Gasteiger partial charge in [-0.1, -0.05) is 13.8 Å². The molecule has 4 nitrogen and oxygen atoms in total. The predicted molar refractivity (Wildman–Crippen MR) is 94.4 cm³/mol. The number of nitrogens with zero attached hydrogens (tertiary/aromatic N) is 4. The molecule has 3 rings (SSSR count). The first-order valence-electron chi connectivity index (χ1n) is 8.66. The summed E-state index contributed by atoms with van der Waals surface area (Å²) in [4.78, 5) is 16.1. The molecule has 0 bridgehead atoms. The van der Waals surface area contributed by atoms with Gasteiger partial charge in [0.05, 0.1) is 0 Å². The molecule has 0 radical (unpaired) electrons. The first-order chi connectivity index (χ1) is 11.1. The van der Waals surface area contributed by atoms with Crippen LogP contribution in [0.5, 0.6) is 0 Å². The highest BCUT2D eigenvalue weighted by molar-refractivity contribution is 5.57. The maximum absolute atomic E-state index is 4.87. The molecule has 0 amide bonds. The van der Waals surface area contributed by atoms with Crippen molar-refractivity contribution >= 4 is 5.82 Å². The van der Waals surface area contributed by atoms with Crippen LogP contribution in [-0.2, 0) is 0 Å². The van der Waals surface area contributed by atoms with Gasteiger partial charge < -0.3 is 4.90 Å². The molecule has 1 atom stereocenters. The average Bonchev–Trinajstić information content (AvgIpc) is 2.55. The summed E-state index contributed by atoms with van der Waals surface area (Å²) in [5, 5.41) is 0. The molecule has 2 aromatic heterocycles. The van der Waals surface area contributed by atoms with Crippen molar-refractivity contribution in [3.05, 3.63) is 36.3 Å². The van der Waals surface area contributed by atoms with E-state index in [4.69, 9.17) is 4.98 Å². The smallest absolute Gasteiger partial charge is 0.161 e. The average molecular weight is 310 g/mol. The second-order valence-corrected chi connectivity index (χ2v) is 6.90. The van der Waals surface area contributed by atoms with Crippen molar-refractivity contribution in [3.63, 3.8) is 0 Å². The number of aromatic nitrogens is 3. The zero-order valence-electron chi connectivity index (χ0n) is 14.4. The zero-order valence-corrected chi connectivity index (χ0v) is 14.4. The lowest BCUT2D eigenvalue weighted by molar-refractivity contribution is 0.391. The minimum atomic E-state index is 0.600. The minimum absolute atomic E-state index is 0.600. The Kier molecular flexibility index (Phi) is 4.89. The quantitative estimate of drug-likeness (QED) is 0.846. The van der Waals surface area contributed by atoms with Crippen molar-refractivity contribution in [2.24, 2.45) is 5.92 Å². The van der Waals surface area contributed by atoms with E-state index in [9.17, 15) is 0 Å². The molecule has 2 aromatic rings. The van der Waals surface area contributed by atoms with Crippen LogP contribution < -0.4 is 4.90 Å². The third kappa shape index (κ3) is 3.87. The largest absolute Gasteiger partial charge is 0.353 e. The van der Waals surface area contributed by atoms with Crippen molar-refractivity contribution in [3.8, 4) is 11.4 Å². The standard InChI is InChI=1S/C19H26N4/c1-14(2)12-17-6-4-5-11-23(17)18-13-15(3)21-19(22-18)16-7-9-20-10-8-16/h7-10,13-14,17H,4-6,11-12H2,1-3H3/t17-/m1/s1. The summed E-state index contributed by atoms with van der Waals surface area (Å²) in [5.74, 6) is 2.59. The number of aryl methyl sites for hydroxylation is 1. The molecule has 1 aliphatic heterocycles. The van der Waals surface area contributed by atoms with Crippen LogP contribution >= 0.6 is 0 Å². The number of anilines is 1. The van der Waals surface area contributed by atoms with Gasteiger partial charge >= 0.3 is 0 Å². The summed E-state index contributed by atoms with van der Waals surface area (Å²) in [5.41, 5.74) is 2.05. The molecule has 1 fully saturated rings. The van der Waals surface area contributed by atoms with Crippen LogP contribution in [0.2, 0.25) is 0 Å². The number of piperidine rings is 1. The van der Waals surface area contributed by atoms with Crippen LogP contribution in [0.25, 0.3) is 11.4 Å². The van der Waals surface area contributed by atoms with E-state index >= 15 is 0 Å². The SMILES string of the molecule is Cc1cc(N2CCCC[C@@H]2CC(C)C)nc(-c2ccncc2)n1. The molecule has 0 N–H and O–H groups in total. The topological polar surface area (TPSA) is 41.9 Å². The Hall–Kier alpha value is -1.97. The van der Waals surface area contributed by atoms with Crippen molar-refractivity contribution in [2.75, 3.05) is 11.4 Å². The van der Waals surface area contributed by atoms with Gasteiger partial charge in [0.15, 0.2) is 5.82 Å². The van der Waals surface area contributed by atoms with Gasteiger partial charge in [0.2, 0.25) is 0 Å². The Morgan fingerprint density at radius 1 is 1.17 bits per heavy atom. The highest BCUT2D eigenvalue weighted by Crippen LogP contribution is 2.29. The third-order valence-corrected chi connectivity index (χ3v) is 4.44. The summed E-state index contributed by atoms with van der Waals surface area (Å²) in [6.07, 6.45) is 8.67. The molecule has 1 aliphatic rings. The zero-order chi connectivity index (χ0) is 16.2. The Labute approximate surface area is 139 Å². The molecular weight excluding hydrogens is 284 g/mol. The first kappa shape index (κ1) is 15.9. The van der Waals surface area contributed by atoms with Crippen molar-refractivity contribution < 1.29 is 0 Å². The Bertz CT molecular complexity index is 639. The summed E-state index contributed by atoms with van der Waals surface area (Å²) in [7, 11) is 0. The Balaban J connectivity index is 1.93. The van der Waals surface area contributed by atoms with E-state index in [0.29, 0.717) is 12.0 Å². The number of hydrogen-bond acceptors (Lipinski definition) is 4. The molecule has 1 saturated heterocycles. The molecule has 0 spiro atoms. The van der Waals surface area contributed by atoms with Crippen molar-refractivity contribution in [2.45, 2.75) is 52.5 Å². The van der Waals surface area contributed by atoms with Crippen LogP contribution in [0.3, 0.4) is 0 Å². The number of pyridine rings is 1. The Morgan fingerprint density at radius 2 is 1.96 bits per heavy atom. The summed E-state index contributed by atoms with van der Waals surface area (Å²) < 4.78 is 0. The summed E-state index contributed by atoms with van der Waals surface area (Å²) in [6, 6.07) is 6.67. The van der Waals surface area contributed by atoms with Crippen LogP contribution in [0, 0.1) is 12.8 Å². The highest BCUT2D eigenvalue weighted by atomic mass is 15.2. The van der Waals surface area contributed by atoms with Gasteiger partial charge in [0, 0.05) is 42.3 Å². The van der Waals surface area contributed by atoms with Crippen LogP contribution in [0.15, 0.2) is 30.6 Å². The number of rotatable bonds is 4. The van der Waals surface area contributed by atoms with Crippen molar-refractivity contribution in [1.29, 1.82) is 0 Å². The van der Waals surface area contributed by atoms with Gasteiger partial charge in [-0.25, -0.2) is 9.97 Å². The fourth-order valence-corrected chi connectivity index (χ4v) is 3.42. The van der Waals surface area contributed by atoms with Crippen molar-refractivity contribution in [1.82, 2.24) is 15.0 Å². The maximum atomic E-state index is 4.87. The second-order valence-electron chi connectivity index (χ2n) is 6.90. The van der Waals surface area contributed by atoms with E-state index in [1.807, 2.05) is 12.1 Å². The van der Waals surface area contributed by atoms with Crippen LogP contribution in [0.1, 0.15) is 45.2 Å². The summed E-state index contributed by atoms with van der Waals surface area (Å²) >= 11 is 0. The van der Waals surface area contributed by atoms with Gasteiger partial charge in [-0.3, -0.25) is 4.98 Å². The van der Waals surface area contributed by atoms with E-state index in [2.05, 4.69) is 41.7 Å². The van der Waals surface area contributed by atoms with E-state index in [0.717, 1.165) is 29.4 Å². The van der Waals surface area contributed by atoms with Gasteiger partial charge in [-0.05, 0) is 50.7 Å². The monoisotopic (exact) mass is 310 g/mol. The van der Waals surface area contributed by atoms with E-state index in [-0.39, 0.29) is 0 Å². The van der Waals surface area contributed by atoms with E-state index in [1.54, 1.807) is 12.4 Å². The predicted octanol–water partition coefficient (Wildman–Crippen LogP) is 4.25. The van der Waals surface area contributed by atoms with E-state index in [1.165, 1.54) is 25.7 Å². The molecule has 122 valence electrons. The highest BCUT2D eigenvalue weighted by Gasteiger charge is 2.25.